The molecule has 2 aromatic heterocycles. The fourth-order valence-corrected chi connectivity index (χ4v) is 4.36. The van der Waals surface area contributed by atoms with Gasteiger partial charge in [0.15, 0.2) is 5.03 Å². The maximum Gasteiger partial charge on any atom is 0.279 e. The minimum atomic E-state index is -3.83. The second-order valence-electron chi connectivity index (χ2n) is 6.14. The van der Waals surface area contributed by atoms with Crippen molar-refractivity contribution in [1.29, 1.82) is 5.26 Å². The Morgan fingerprint density at radius 2 is 1.79 bits per heavy atom. The summed E-state index contributed by atoms with van der Waals surface area (Å²) in [5.41, 5.74) is 2.35. The summed E-state index contributed by atoms with van der Waals surface area (Å²) >= 11 is 0. The van der Waals surface area contributed by atoms with Gasteiger partial charge in [0.05, 0.1) is 23.5 Å². The molecule has 28 heavy (non-hydrogen) atoms. The highest BCUT2D eigenvalue weighted by Gasteiger charge is 2.20. The van der Waals surface area contributed by atoms with Crippen molar-refractivity contribution in [3.63, 3.8) is 0 Å². The molecule has 7 nitrogen and oxygen atoms in total. The number of benzene rings is 2. The third-order valence-electron chi connectivity index (χ3n) is 4.45. The normalized spacial score (nSPS) is 11.3. The van der Waals surface area contributed by atoms with Gasteiger partial charge in [-0.1, -0.05) is 30.3 Å². The van der Waals surface area contributed by atoms with E-state index in [2.05, 4.69) is 20.9 Å². The first kappa shape index (κ1) is 17.7. The van der Waals surface area contributed by atoms with Crippen LogP contribution in [-0.4, -0.2) is 23.2 Å². The van der Waals surface area contributed by atoms with Gasteiger partial charge >= 0.3 is 0 Å². The Hall–Kier alpha value is -3.70. The third kappa shape index (κ3) is 2.98. The van der Waals surface area contributed by atoms with Crippen LogP contribution in [-0.2, 0) is 17.1 Å². The van der Waals surface area contributed by atoms with Gasteiger partial charge in [-0.3, -0.25) is 14.4 Å². The standard InChI is InChI=1S/C20H15N5O2S/c1-25-20(9-11-23-25)28(26,27)24-19-8-10-22-13-18(19)17-7-6-14(12-21)15-4-2-3-5-16(15)17/h2-11,13H,1H3,(H,22,24). The van der Waals surface area contributed by atoms with Crippen LogP contribution in [0.3, 0.4) is 0 Å². The summed E-state index contributed by atoms with van der Waals surface area (Å²) < 4.78 is 29.5. The molecule has 4 aromatic rings. The highest BCUT2D eigenvalue weighted by atomic mass is 32.2. The van der Waals surface area contributed by atoms with E-state index in [0.29, 0.717) is 16.8 Å². The Morgan fingerprint density at radius 3 is 2.50 bits per heavy atom. The largest absolute Gasteiger partial charge is 0.279 e. The van der Waals surface area contributed by atoms with Crippen molar-refractivity contribution in [2.45, 2.75) is 5.03 Å². The number of aryl methyl sites for hydroxylation is 1. The zero-order valence-corrected chi connectivity index (χ0v) is 15.7. The van der Waals surface area contributed by atoms with Crippen LogP contribution in [0.15, 0.2) is 72.1 Å². The number of sulfonamides is 1. The molecule has 0 unspecified atom stereocenters. The number of pyridine rings is 1. The number of hydrogen-bond donors (Lipinski definition) is 1. The van der Waals surface area contributed by atoms with E-state index in [9.17, 15) is 13.7 Å². The molecular weight excluding hydrogens is 374 g/mol. The van der Waals surface area contributed by atoms with Crippen molar-refractivity contribution < 1.29 is 8.42 Å². The summed E-state index contributed by atoms with van der Waals surface area (Å²) in [6.07, 6.45) is 4.56. The van der Waals surface area contributed by atoms with Crippen molar-refractivity contribution in [3.8, 4) is 17.2 Å². The number of fused-ring (bicyclic) bond motifs is 1. The van der Waals surface area contributed by atoms with Crippen LogP contribution in [0.2, 0.25) is 0 Å². The molecular formula is C20H15N5O2S. The zero-order valence-electron chi connectivity index (χ0n) is 14.9. The minimum absolute atomic E-state index is 0.0555. The van der Waals surface area contributed by atoms with E-state index in [1.807, 2.05) is 24.3 Å². The maximum atomic E-state index is 12.8. The van der Waals surface area contributed by atoms with Gasteiger partial charge in [0, 0.05) is 30.4 Å². The van der Waals surface area contributed by atoms with Crippen LogP contribution in [0.4, 0.5) is 5.69 Å². The molecule has 0 aliphatic heterocycles. The van der Waals surface area contributed by atoms with Crippen molar-refractivity contribution in [1.82, 2.24) is 14.8 Å². The van der Waals surface area contributed by atoms with Gasteiger partial charge in [-0.15, -0.1) is 0 Å². The van der Waals surface area contributed by atoms with Crippen LogP contribution in [0.1, 0.15) is 5.56 Å². The molecule has 0 saturated carbocycles. The van der Waals surface area contributed by atoms with Gasteiger partial charge in [-0.2, -0.15) is 18.8 Å². The maximum absolute atomic E-state index is 12.8. The van der Waals surface area contributed by atoms with Gasteiger partial charge in [0.25, 0.3) is 10.0 Å². The number of anilines is 1. The summed E-state index contributed by atoms with van der Waals surface area (Å²) in [6, 6.07) is 16.3. The molecule has 0 fully saturated rings. The number of hydrogen-bond acceptors (Lipinski definition) is 5. The van der Waals surface area contributed by atoms with Crippen molar-refractivity contribution in [2.75, 3.05) is 4.72 Å². The van der Waals surface area contributed by atoms with Crippen molar-refractivity contribution >= 4 is 26.5 Å². The predicted molar refractivity (Wildman–Crippen MR) is 106 cm³/mol. The topological polar surface area (TPSA) is 101 Å². The zero-order chi connectivity index (χ0) is 19.7. The third-order valence-corrected chi connectivity index (χ3v) is 5.89. The van der Waals surface area contributed by atoms with Gasteiger partial charge < -0.3 is 0 Å². The Bertz CT molecular complexity index is 1340. The molecule has 0 aliphatic carbocycles. The van der Waals surface area contributed by atoms with E-state index in [0.717, 1.165) is 16.3 Å². The molecule has 0 saturated heterocycles. The molecule has 8 heteroatoms. The van der Waals surface area contributed by atoms with Crippen molar-refractivity contribution in [2.24, 2.45) is 7.05 Å². The SMILES string of the molecule is Cn1nccc1S(=O)(=O)Nc1ccncc1-c1ccc(C#N)c2ccccc12. The van der Waals surface area contributed by atoms with E-state index in [1.54, 1.807) is 31.4 Å². The predicted octanol–water partition coefficient (Wildman–Crippen LogP) is 3.31. The van der Waals surface area contributed by atoms with Crippen LogP contribution in [0.25, 0.3) is 21.9 Å². The lowest BCUT2D eigenvalue weighted by Gasteiger charge is -2.14. The van der Waals surface area contributed by atoms with Crippen LogP contribution in [0.5, 0.6) is 0 Å². The number of nitrogens with zero attached hydrogens (tertiary/aromatic N) is 4. The molecule has 0 atom stereocenters. The molecule has 0 bridgehead atoms. The average Bonchev–Trinajstić information content (AvgIpc) is 3.14. The van der Waals surface area contributed by atoms with Crippen LogP contribution in [0, 0.1) is 11.3 Å². The lowest BCUT2D eigenvalue weighted by molar-refractivity contribution is 0.582. The summed E-state index contributed by atoms with van der Waals surface area (Å²) in [6.45, 7) is 0. The van der Waals surface area contributed by atoms with Crippen LogP contribution >= 0.6 is 0 Å². The number of aromatic nitrogens is 3. The number of rotatable bonds is 4. The summed E-state index contributed by atoms with van der Waals surface area (Å²) in [4.78, 5) is 4.16. The molecule has 2 aromatic carbocycles. The van der Waals surface area contributed by atoms with Crippen molar-refractivity contribution in [3.05, 3.63) is 72.7 Å². The molecule has 138 valence electrons. The Morgan fingerprint density at radius 1 is 1.00 bits per heavy atom. The average molecular weight is 389 g/mol. The smallest absolute Gasteiger partial charge is 0.278 e. The van der Waals surface area contributed by atoms with E-state index in [-0.39, 0.29) is 5.03 Å². The minimum Gasteiger partial charge on any atom is -0.278 e. The summed E-state index contributed by atoms with van der Waals surface area (Å²) in [5.74, 6) is 0. The van der Waals surface area contributed by atoms with E-state index in [4.69, 9.17) is 0 Å². The molecule has 4 rings (SSSR count). The molecule has 0 spiro atoms. The Kier molecular flexibility index (Phi) is 4.29. The van der Waals surface area contributed by atoms with E-state index >= 15 is 0 Å². The molecule has 0 radical (unpaired) electrons. The molecule has 2 heterocycles. The Balaban J connectivity index is 1.88. The van der Waals surface area contributed by atoms with Gasteiger partial charge in [-0.05, 0) is 29.1 Å². The lowest BCUT2D eigenvalue weighted by Crippen LogP contribution is -2.17. The number of nitrogens with one attached hydrogen (secondary N) is 1. The first-order valence-corrected chi connectivity index (χ1v) is 9.86. The highest BCUT2D eigenvalue weighted by Crippen LogP contribution is 2.35. The van der Waals surface area contributed by atoms with Crippen LogP contribution < -0.4 is 4.72 Å². The van der Waals surface area contributed by atoms with Gasteiger partial charge in [0.1, 0.15) is 0 Å². The summed E-state index contributed by atoms with van der Waals surface area (Å²) in [5, 5.41) is 15.0. The second kappa shape index (κ2) is 6.79. The quantitative estimate of drug-likeness (QED) is 0.577. The highest BCUT2D eigenvalue weighted by molar-refractivity contribution is 7.92. The fraction of sp³-hybridized carbons (Fsp3) is 0.0500. The molecule has 0 aliphatic rings. The first-order chi connectivity index (χ1) is 13.5. The second-order valence-corrected chi connectivity index (χ2v) is 7.77. The van der Waals surface area contributed by atoms with E-state index < -0.39 is 10.0 Å². The molecule has 1 N–H and O–H groups in total. The van der Waals surface area contributed by atoms with E-state index in [1.165, 1.54) is 23.1 Å². The summed E-state index contributed by atoms with van der Waals surface area (Å²) in [7, 11) is -2.26. The van der Waals surface area contributed by atoms with Gasteiger partial charge in [0.2, 0.25) is 0 Å². The first-order valence-electron chi connectivity index (χ1n) is 8.38. The lowest BCUT2D eigenvalue weighted by atomic mass is 9.95. The molecule has 0 amide bonds. The fourth-order valence-electron chi connectivity index (χ4n) is 3.15. The number of nitriles is 1. The Labute approximate surface area is 161 Å². The monoisotopic (exact) mass is 389 g/mol. The van der Waals surface area contributed by atoms with Gasteiger partial charge in [-0.25, -0.2) is 0 Å².